The minimum Gasteiger partial charge on any atom is -0.462 e. The molecular formula is C86H168O17P2. The Kier molecular flexibility index (Phi) is 74.7. The Morgan fingerprint density at radius 1 is 0.276 bits per heavy atom. The van der Waals surface area contributed by atoms with Gasteiger partial charge in [-0.1, -0.05) is 402 Å². The van der Waals surface area contributed by atoms with Crippen LogP contribution in [0, 0.1) is 17.8 Å². The summed E-state index contributed by atoms with van der Waals surface area (Å²) in [5.41, 5.74) is 0. The lowest BCUT2D eigenvalue weighted by Crippen LogP contribution is -2.30. The predicted molar refractivity (Wildman–Crippen MR) is 432 cm³/mol. The summed E-state index contributed by atoms with van der Waals surface area (Å²) in [6, 6.07) is 0. The molecule has 6 atom stereocenters. The first-order valence-corrected chi connectivity index (χ1v) is 47.4. The zero-order chi connectivity index (χ0) is 77.2. The van der Waals surface area contributed by atoms with Crippen molar-refractivity contribution in [2.75, 3.05) is 39.6 Å². The van der Waals surface area contributed by atoms with Gasteiger partial charge in [0.1, 0.15) is 19.3 Å². The summed E-state index contributed by atoms with van der Waals surface area (Å²) in [7, 11) is -9.93. The summed E-state index contributed by atoms with van der Waals surface area (Å²) in [4.78, 5) is 73.1. The zero-order valence-corrected chi connectivity index (χ0v) is 71.0. The second-order valence-electron chi connectivity index (χ2n) is 32.1. The smallest absolute Gasteiger partial charge is 0.462 e. The Hall–Kier alpha value is -1.94. The molecule has 105 heavy (non-hydrogen) atoms. The van der Waals surface area contributed by atoms with E-state index in [0.29, 0.717) is 31.6 Å². The quantitative estimate of drug-likeness (QED) is 0.0222. The molecule has 0 aromatic heterocycles. The monoisotopic (exact) mass is 1540 g/mol. The lowest BCUT2D eigenvalue weighted by Gasteiger charge is -2.21. The van der Waals surface area contributed by atoms with E-state index in [2.05, 4.69) is 48.5 Å². The van der Waals surface area contributed by atoms with E-state index in [1.54, 1.807) is 0 Å². The third kappa shape index (κ3) is 78.5. The van der Waals surface area contributed by atoms with E-state index in [9.17, 15) is 43.2 Å². The molecule has 0 aliphatic carbocycles. The fourth-order valence-corrected chi connectivity index (χ4v) is 14.9. The Balaban J connectivity index is 5.19. The zero-order valence-electron chi connectivity index (χ0n) is 69.2. The SMILES string of the molecule is CCCCCCCCCCCCCCCCCCCCCCCC(=O)OC[C@H](COP(=O)(O)OC[C@@H](O)COP(=O)(O)OC[C@@H](COC(=O)CCCCCCCCC(C)C)OC(=O)CCCCCCCCCCCCC(C)C)OC(=O)CCCCCCCCCCCCCCCCCCCCC(C)CC. The molecule has 0 aromatic carbocycles. The second kappa shape index (κ2) is 76.1. The maximum absolute atomic E-state index is 13.1. The van der Waals surface area contributed by atoms with Crippen LogP contribution in [0.3, 0.4) is 0 Å². The Labute approximate surface area is 645 Å². The molecule has 0 saturated heterocycles. The second-order valence-corrected chi connectivity index (χ2v) is 35.0. The number of phosphoric ester groups is 2. The molecule has 0 aliphatic rings. The van der Waals surface area contributed by atoms with Gasteiger partial charge in [-0.2, -0.15) is 0 Å². The normalized spacial score (nSPS) is 14.1. The van der Waals surface area contributed by atoms with Crippen molar-refractivity contribution >= 4 is 39.5 Å². The molecule has 0 fully saturated rings. The van der Waals surface area contributed by atoms with Crippen LogP contribution >= 0.6 is 15.6 Å². The molecular weight excluding hydrogens is 1370 g/mol. The largest absolute Gasteiger partial charge is 0.472 e. The molecule has 0 amide bonds. The van der Waals surface area contributed by atoms with Gasteiger partial charge in [-0.05, 0) is 43.4 Å². The molecule has 17 nitrogen and oxygen atoms in total. The topological polar surface area (TPSA) is 237 Å². The molecule has 0 aromatic rings. The van der Waals surface area contributed by atoms with E-state index >= 15 is 0 Å². The number of rotatable bonds is 84. The van der Waals surface area contributed by atoms with Crippen LogP contribution in [0.4, 0.5) is 0 Å². The molecule has 0 aliphatic heterocycles. The van der Waals surface area contributed by atoms with Crippen molar-refractivity contribution in [2.45, 2.75) is 471 Å². The number of unbranched alkanes of at least 4 members (excludes halogenated alkanes) is 51. The van der Waals surface area contributed by atoms with Crippen molar-refractivity contribution in [1.29, 1.82) is 0 Å². The number of carbonyl (C=O) groups is 4. The maximum atomic E-state index is 13.1. The highest BCUT2D eigenvalue weighted by Crippen LogP contribution is 2.45. The first-order chi connectivity index (χ1) is 50.8. The Morgan fingerprint density at radius 2 is 0.486 bits per heavy atom. The van der Waals surface area contributed by atoms with Gasteiger partial charge in [-0.15, -0.1) is 0 Å². The van der Waals surface area contributed by atoms with Gasteiger partial charge >= 0.3 is 39.5 Å². The van der Waals surface area contributed by atoms with Gasteiger partial charge in [0, 0.05) is 25.7 Å². The number of esters is 4. The summed E-state index contributed by atoms with van der Waals surface area (Å²) >= 11 is 0. The number of aliphatic hydroxyl groups excluding tert-OH is 1. The van der Waals surface area contributed by atoms with Crippen LogP contribution in [-0.2, 0) is 65.4 Å². The van der Waals surface area contributed by atoms with Crippen LogP contribution in [0.1, 0.15) is 453 Å². The number of ether oxygens (including phenoxy) is 4. The van der Waals surface area contributed by atoms with Gasteiger partial charge in [0.15, 0.2) is 12.2 Å². The molecule has 624 valence electrons. The number of hydrogen-bond acceptors (Lipinski definition) is 15. The van der Waals surface area contributed by atoms with Crippen LogP contribution in [0.2, 0.25) is 0 Å². The Morgan fingerprint density at radius 3 is 0.724 bits per heavy atom. The molecule has 0 spiro atoms. The van der Waals surface area contributed by atoms with Crippen LogP contribution < -0.4 is 0 Å². The first kappa shape index (κ1) is 103. The summed E-state index contributed by atoms with van der Waals surface area (Å²) in [5, 5.41) is 10.7. The highest BCUT2D eigenvalue weighted by molar-refractivity contribution is 7.47. The number of carbonyl (C=O) groups excluding carboxylic acids is 4. The first-order valence-electron chi connectivity index (χ1n) is 44.4. The van der Waals surface area contributed by atoms with Crippen molar-refractivity contribution in [3.63, 3.8) is 0 Å². The molecule has 3 N–H and O–H groups in total. The van der Waals surface area contributed by atoms with E-state index in [1.807, 2.05) is 0 Å². The number of phosphoric acid groups is 2. The summed E-state index contributed by atoms with van der Waals surface area (Å²) < 4.78 is 68.8. The third-order valence-corrected chi connectivity index (χ3v) is 22.4. The molecule has 0 heterocycles. The van der Waals surface area contributed by atoms with E-state index in [4.69, 9.17) is 37.0 Å². The van der Waals surface area contributed by atoms with E-state index in [-0.39, 0.29) is 25.7 Å². The average molecular weight is 1540 g/mol. The van der Waals surface area contributed by atoms with Gasteiger partial charge < -0.3 is 33.8 Å². The van der Waals surface area contributed by atoms with E-state index in [1.165, 1.54) is 257 Å². The van der Waals surface area contributed by atoms with Crippen molar-refractivity contribution in [3.8, 4) is 0 Å². The highest BCUT2D eigenvalue weighted by atomic mass is 31.2. The third-order valence-electron chi connectivity index (χ3n) is 20.5. The van der Waals surface area contributed by atoms with Crippen LogP contribution in [0.5, 0.6) is 0 Å². The molecule has 3 unspecified atom stereocenters. The van der Waals surface area contributed by atoms with Crippen LogP contribution in [0.15, 0.2) is 0 Å². The molecule has 0 radical (unpaired) electrons. The fourth-order valence-electron chi connectivity index (χ4n) is 13.3. The van der Waals surface area contributed by atoms with Crippen LogP contribution in [-0.4, -0.2) is 96.7 Å². The van der Waals surface area contributed by atoms with E-state index < -0.39 is 97.5 Å². The van der Waals surface area contributed by atoms with Gasteiger partial charge in [0.2, 0.25) is 0 Å². The number of hydrogen-bond donors (Lipinski definition) is 3. The standard InChI is InChI=1S/C86H168O17P2/c1-8-10-11-12-13-14-15-16-17-18-19-20-21-25-28-31-34-40-45-53-60-67-83(88)96-73-81(102-85(90)69-62-55-46-41-35-32-29-26-23-22-24-27-30-33-39-44-52-59-66-79(7)9-2)75-100-104(92,93)98-71-80(87)72-99-105(94,95)101-76-82(74-97-84(89)68-61-54-49-48-51-58-65-78(5)6)103-86(91)70-63-56-47-42-37-36-38-43-50-57-64-77(3)4/h77-82,87H,8-76H2,1-7H3,(H,92,93)(H,94,95)/t79?,80-,81-,82-/m1/s1. The minimum absolute atomic E-state index is 0.105. The van der Waals surface area contributed by atoms with Gasteiger partial charge in [0.05, 0.1) is 26.4 Å². The molecule has 0 rings (SSSR count). The predicted octanol–water partition coefficient (Wildman–Crippen LogP) is 26.1. The highest BCUT2D eigenvalue weighted by Gasteiger charge is 2.30. The molecule has 0 saturated carbocycles. The van der Waals surface area contributed by atoms with Crippen molar-refractivity contribution < 1.29 is 80.2 Å². The summed E-state index contributed by atoms with van der Waals surface area (Å²) in [5.74, 6) is 0.193. The number of aliphatic hydroxyl groups is 1. The van der Waals surface area contributed by atoms with Crippen LogP contribution in [0.25, 0.3) is 0 Å². The summed E-state index contributed by atoms with van der Waals surface area (Å²) in [6.45, 7) is 11.9. The lowest BCUT2D eigenvalue weighted by atomic mass is 9.99. The fraction of sp³-hybridized carbons (Fsp3) is 0.953. The van der Waals surface area contributed by atoms with Gasteiger partial charge in [-0.3, -0.25) is 37.3 Å². The average Bonchev–Trinajstić information content (AvgIpc) is 0.912. The van der Waals surface area contributed by atoms with Crippen molar-refractivity contribution in [2.24, 2.45) is 17.8 Å². The Bertz CT molecular complexity index is 2030. The minimum atomic E-state index is -4.97. The molecule has 19 heteroatoms. The lowest BCUT2D eigenvalue weighted by molar-refractivity contribution is -0.161. The van der Waals surface area contributed by atoms with Gasteiger partial charge in [0.25, 0.3) is 0 Å². The maximum Gasteiger partial charge on any atom is 0.472 e. The molecule has 0 bridgehead atoms. The van der Waals surface area contributed by atoms with E-state index in [0.717, 1.165) is 108 Å². The summed E-state index contributed by atoms with van der Waals surface area (Å²) in [6.07, 6.45) is 67.0. The van der Waals surface area contributed by atoms with Crippen molar-refractivity contribution in [1.82, 2.24) is 0 Å². The van der Waals surface area contributed by atoms with Gasteiger partial charge in [-0.25, -0.2) is 9.13 Å². The van der Waals surface area contributed by atoms with Crippen molar-refractivity contribution in [3.05, 3.63) is 0 Å².